The second-order valence-electron chi connectivity index (χ2n) is 6.02. The number of nitrogens with zero attached hydrogens (tertiary/aromatic N) is 1. The Bertz CT molecular complexity index is 834. The van der Waals surface area contributed by atoms with Crippen LogP contribution in [0.1, 0.15) is 21.5 Å². The standard InChI is InChI=1S/C19H18F3NO4/c1-25-16-9-13-7-8-23(11-14(13)10-17(16)26-2)18(24)12-3-5-15(6-4-12)27-19(20,21)22/h3-6,9-10H,7-8,11H2,1-2H3. The van der Waals surface area contributed by atoms with Crippen molar-refractivity contribution in [3.8, 4) is 17.2 Å². The minimum atomic E-state index is -4.76. The molecule has 0 atom stereocenters. The fourth-order valence-electron chi connectivity index (χ4n) is 3.04. The summed E-state index contributed by atoms with van der Waals surface area (Å²) in [5.74, 6) is 0.601. The summed E-state index contributed by atoms with van der Waals surface area (Å²) in [5, 5.41) is 0. The van der Waals surface area contributed by atoms with Crippen molar-refractivity contribution in [1.29, 1.82) is 0 Å². The Kier molecular flexibility index (Phi) is 5.16. The van der Waals surface area contributed by atoms with Crippen LogP contribution >= 0.6 is 0 Å². The van der Waals surface area contributed by atoms with E-state index in [4.69, 9.17) is 9.47 Å². The Hall–Kier alpha value is -2.90. The zero-order valence-electron chi connectivity index (χ0n) is 14.8. The first kappa shape index (κ1) is 18.9. The maximum absolute atomic E-state index is 12.7. The minimum Gasteiger partial charge on any atom is -0.493 e. The van der Waals surface area contributed by atoms with E-state index in [0.29, 0.717) is 36.6 Å². The summed E-state index contributed by atoms with van der Waals surface area (Å²) < 4.78 is 51.1. The lowest BCUT2D eigenvalue weighted by Gasteiger charge is -2.29. The second-order valence-corrected chi connectivity index (χ2v) is 6.02. The van der Waals surface area contributed by atoms with E-state index >= 15 is 0 Å². The molecule has 3 rings (SSSR count). The van der Waals surface area contributed by atoms with E-state index in [-0.39, 0.29) is 11.7 Å². The number of hydrogen-bond donors (Lipinski definition) is 0. The lowest BCUT2D eigenvalue weighted by molar-refractivity contribution is -0.274. The van der Waals surface area contributed by atoms with Gasteiger partial charge in [0.2, 0.25) is 0 Å². The van der Waals surface area contributed by atoms with Crippen molar-refractivity contribution >= 4 is 5.91 Å². The Morgan fingerprint density at radius 3 is 2.15 bits per heavy atom. The molecular formula is C19H18F3NO4. The van der Waals surface area contributed by atoms with E-state index in [1.165, 1.54) is 12.1 Å². The molecule has 1 amide bonds. The molecule has 2 aromatic carbocycles. The van der Waals surface area contributed by atoms with Gasteiger partial charge < -0.3 is 19.1 Å². The van der Waals surface area contributed by atoms with Gasteiger partial charge in [0.25, 0.3) is 5.91 Å². The molecule has 0 unspecified atom stereocenters. The van der Waals surface area contributed by atoms with Gasteiger partial charge in [-0.15, -0.1) is 13.2 Å². The highest BCUT2D eigenvalue weighted by atomic mass is 19.4. The number of alkyl halides is 3. The SMILES string of the molecule is COc1cc2c(cc1OC)CN(C(=O)c1ccc(OC(F)(F)F)cc1)CC2. The Morgan fingerprint density at radius 2 is 1.59 bits per heavy atom. The van der Waals surface area contributed by atoms with Gasteiger partial charge in [-0.1, -0.05) is 0 Å². The summed E-state index contributed by atoms with van der Waals surface area (Å²) in [6, 6.07) is 8.66. The van der Waals surface area contributed by atoms with E-state index < -0.39 is 6.36 Å². The Labute approximate surface area is 154 Å². The van der Waals surface area contributed by atoms with Crippen molar-refractivity contribution in [3.05, 3.63) is 53.1 Å². The van der Waals surface area contributed by atoms with Crippen molar-refractivity contribution in [3.63, 3.8) is 0 Å². The Morgan fingerprint density at radius 1 is 1.00 bits per heavy atom. The summed E-state index contributed by atoms with van der Waals surface area (Å²) in [6.07, 6.45) is -4.11. The van der Waals surface area contributed by atoms with Crippen molar-refractivity contribution in [2.45, 2.75) is 19.3 Å². The average molecular weight is 381 g/mol. The number of carbonyl (C=O) groups excluding carboxylic acids is 1. The molecule has 5 nitrogen and oxygen atoms in total. The van der Waals surface area contributed by atoms with Crippen LogP contribution < -0.4 is 14.2 Å². The number of benzene rings is 2. The highest BCUT2D eigenvalue weighted by Gasteiger charge is 2.31. The van der Waals surface area contributed by atoms with Crippen molar-refractivity contribution in [1.82, 2.24) is 4.90 Å². The Balaban J connectivity index is 1.75. The monoisotopic (exact) mass is 381 g/mol. The van der Waals surface area contributed by atoms with Gasteiger partial charge >= 0.3 is 6.36 Å². The summed E-state index contributed by atoms with van der Waals surface area (Å²) in [5.41, 5.74) is 2.32. The van der Waals surface area contributed by atoms with Crippen LogP contribution in [0, 0.1) is 0 Å². The molecule has 0 saturated carbocycles. The molecular weight excluding hydrogens is 363 g/mol. The van der Waals surface area contributed by atoms with Gasteiger partial charge in [0, 0.05) is 18.7 Å². The fraction of sp³-hybridized carbons (Fsp3) is 0.316. The maximum atomic E-state index is 12.7. The van der Waals surface area contributed by atoms with E-state index in [0.717, 1.165) is 23.3 Å². The van der Waals surface area contributed by atoms with E-state index in [1.54, 1.807) is 19.1 Å². The molecule has 27 heavy (non-hydrogen) atoms. The van der Waals surface area contributed by atoms with Gasteiger partial charge in [-0.05, 0) is 53.9 Å². The first-order valence-corrected chi connectivity index (χ1v) is 8.19. The van der Waals surface area contributed by atoms with Crippen LogP contribution in [0.5, 0.6) is 17.2 Å². The number of ether oxygens (including phenoxy) is 3. The normalized spacial score (nSPS) is 13.7. The largest absolute Gasteiger partial charge is 0.573 e. The average Bonchev–Trinajstić information content (AvgIpc) is 2.65. The minimum absolute atomic E-state index is 0.256. The number of methoxy groups -OCH3 is 2. The van der Waals surface area contributed by atoms with Crippen LogP contribution in [0.4, 0.5) is 13.2 Å². The maximum Gasteiger partial charge on any atom is 0.573 e. The predicted octanol–water partition coefficient (Wildman–Crippen LogP) is 3.80. The molecule has 0 fully saturated rings. The summed E-state index contributed by atoms with van der Waals surface area (Å²) in [4.78, 5) is 14.3. The molecule has 144 valence electrons. The summed E-state index contributed by atoms with van der Waals surface area (Å²) in [7, 11) is 3.11. The summed E-state index contributed by atoms with van der Waals surface area (Å²) >= 11 is 0. The highest BCUT2D eigenvalue weighted by Crippen LogP contribution is 2.33. The molecule has 1 aliphatic rings. The highest BCUT2D eigenvalue weighted by molar-refractivity contribution is 5.94. The number of rotatable bonds is 4. The quantitative estimate of drug-likeness (QED) is 0.808. The summed E-state index contributed by atoms with van der Waals surface area (Å²) in [6.45, 7) is 0.886. The van der Waals surface area contributed by atoms with Gasteiger partial charge in [-0.2, -0.15) is 0 Å². The molecule has 2 aromatic rings. The number of amides is 1. The molecule has 0 radical (unpaired) electrons. The van der Waals surface area contributed by atoms with Gasteiger partial charge in [0.05, 0.1) is 14.2 Å². The third-order valence-corrected chi connectivity index (χ3v) is 4.34. The van der Waals surface area contributed by atoms with Gasteiger partial charge in [0.1, 0.15) is 5.75 Å². The zero-order chi connectivity index (χ0) is 19.6. The third kappa shape index (κ3) is 4.27. The van der Waals surface area contributed by atoms with Crippen LogP contribution in [-0.2, 0) is 13.0 Å². The van der Waals surface area contributed by atoms with Crippen LogP contribution in [-0.4, -0.2) is 37.9 Å². The van der Waals surface area contributed by atoms with Crippen LogP contribution in [0.2, 0.25) is 0 Å². The van der Waals surface area contributed by atoms with E-state index in [1.807, 2.05) is 12.1 Å². The van der Waals surface area contributed by atoms with E-state index in [2.05, 4.69) is 4.74 Å². The lowest BCUT2D eigenvalue weighted by atomic mass is 9.98. The number of halogens is 3. The molecule has 0 N–H and O–H groups in total. The molecule has 0 aliphatic carbocycles. The zero-order valence-corrected chi connectivity index (χ0v) is 14.8. The van der Waals surface area contributed by atoms with Crippen molar-refractivity contribution in [2.24, 2.45) is 0 Å². The topological polar surface area (TPSA) is 48.0 Å². The van der Waals surface area contributed by atoms with Gasteiger partial charge in [0.15, 0.2) is 11.5 Å². The molecule has 0 saturated heterocycles. The van der Waals surface area contributed by atoms with Crippen molar-refractivity contribution in [2.75, 3.05) is 20.8 Å². The second kappa shape index (κ2) is 7.38. The first-order chi connectivity index (χ1) is 12.8. The molecule has 1 heterocycles. The van der Waals surface area contributed by atoms with Crippen LogP contribution in [0.15, 0.2) is 36.4 Å². The predicted molar refractivity (Wildman–Crippen MR) is 91.1 cm³/mol. The van der Waals surface area contributed by atoms with E-state index in [9.17, 15) is 18.0 Å². The smallest absolute Gasteiger partial charge is 0.493 e. The lowest BCUT2D eigenvalue weighted by Crippen LogP contribution is -2.36. The third-order valence-electron chi connectivity index (χ3n) is 4.34. The fourth-order valence-corrected chi connectivity index (χ4v) is 3.04. The van der Waals surface area contributed by atoms with Gasteiger partial charge in [-0.25, -0.2) is 0 Å². The number of fused-ring (bicyclic) bond motifs is 1. The molecule has 0 bridgehead atoms. The molecule has 1 aliphatic heterocycles. The van der Waals surface area contributed by atoms with Gasteiger partial charge in [-0.3, -0.25) is 4.79 Å². The van der Waals surface area contributed by atoms with Crippen molar-refractivity contribution < 1.29 is 32.2 Å². The first-order valence-electron chi connectivity index (χ1n) is 8.19. The number of hydrogen-bond acceptors (Lipinski definition) is 4. The number of carbonyl (C=O) groups is 1. The molecule has 0 spiro atoms. The van der Waals surface area contributed by atoms with Crippen LogP contribution in [0.25, 0.3) is 0 Å². The molecule has 8 heteroatoms. The molecule has 0 aromatic heterocycles. The van der Waals surface area contributed by atoms with Crippen LogP contribution in [0.3, 0.4) is 0 Å².